The molecular formula is C17H26N4O3. The number of amides is 4. The number of imide groups is 1. The van der Waals surface area contributed by atoms with Crippen LogP contribution < -0.4 is 21.3 Å². The highest BCUT2D eigenvalue weighted by atomic mass is 16.2. The van der Waals surface area contributed by atoms with Crippen LogP contribution in [0.5, 0.6) is 0 Å². The molecule has 0 atom stereocenters. The Morgan fingerprint density at radius 1 is 1.00 bits per heavy atom. The standard InChI is InChI=1S/C17H26N4O3/c1-4-7-15(22)20-14-9-6-8-13(12(14)3)19-11-16(23)21-17(24)18-10-5-2/h6,8-9,19H,4-5,7,10-11H2,1-3H3,(H,20,22)(H2,18,21,23,24). The second-order valence-corrected chi connectivity index (χ2v) is 5.43. The molecule has 4 amide bonds. The molecular weight excluding hydrogens is 308 g/mol. The normalized spacial score (nSPS) is 9.96. The fourth-order valence-electron chi connectivity index (χ4n) is 2.03. The van der Waals surface area contributed by atoms with Crippen LogP contribution in [0.4, 0.5) is 16.2 Å². The van der Waals surface area contributed by atoms with Gasteiger partial charge in [0, 0.05) is 24.3 Å². The number of benzene rings is 1. The molecule has 0 aliphatic heterocycles. The van der Waals surface area contributed by atoms with E-state index in [1.807, 2.05) is 32.9 Å². The van der Waals surface area contributed by atoms with Crippen LogP contribution in [0.25, 0.3) is 0 Å². The highest BCUT2D eigenvalue weighted by molar-refractivity contribution is 5.96. The van der Waals surface area contributed by atoms with Crippen molar-refractivity contribution in [3.05, 3.63) is 23.8 Å². The molecule has 24 heavy (non-hydrogen) atoms. The topological polar surface area (TPSA) is 99.3 Å². The van der Waals surface area contributed by atoms with Gasteiger partial charge in [0.25, 0.3) is 0 Å². The van der Waals surface area contributed by atoms with Gasteiger partial charge in [-0.1, -0.05) is 19.9 Å². The van der Waals surface area contributed by atoms with Crippen LogP contribution in [0, 0.1) is 6.92 Å². The lowest BCUT2D eigenvalue weighted by Gasteiger charge is -2.14. The van der Waals surface area contributed by atoms with E-state index in [4.69, 9.17) is 0 Å². The second kappa shape index (κ2) is 10.3. The molecule has 0 aliphatic rings. The maximum Gasteiger partial charge on any atom is 0.321 e. The van der Waals surface area contributed by atoms with Gasteiger partial charge in [-0.3, -0.25) is 14.9 Å². The summed E-state index contributed by atoms with van der Waals surface area (Å²) >= 11 is 0. The van der Waals surface area contributed by atoms with Crippen molar-refractivity contribution in [3.63, 3.8) is 0 Å². The first-order valence-corrected chi connectivity index (χ1v) is 8.18. The zero-order valence-electron chi connectivity index (χ0n) is 14.5. The molecule has 0 unspecified atom stereocenters. The molecule has 0 saturated heterocycles. The van der Waals surface area contributed by atoms with Crippen molar-refractivity contribution < 1.29 is 14.4 Å². The molecule has 0 spiro atoms. The van der Waals surface area contributed by atoms with E-state index in [2.05, 4.69) is 21.3 Å². The molecule has 7 heteroatoms. The number of hydrogen-bond donors (Lipinski definition) is 4. The number of carbonyl (C=O) groups excluding carboxylic acids is 3. The van der Waals surface area contributed by atoms with Crippen molar-refractivity contribution in [1.82, 2.24) is 10.6 Å². The first-order valence-electron chi connectivity index (χ1n) is 8.18. The molecule has 0 heterocycles. The smallest absolute Gasteiger partial charge is 0.321 e. The van der Waals surface area contributed by atoms with E-state index in [1.54, 1.807) is 6.07 Å². The molecule has 1 aromatic rings. The van der Waals surface area contributed by atoms with E-state index >= 15 is 0 Å². The average Bonchev–Trinajstić information content (AvgIpc) is 2.54. The third-order valence-electron chi connectivity index (χ3n) is 3.31. The molecule has 1 aromatic carbocycles. The van der Waals surface area contributed by atoms with E-state index in [1.165, 1.54) is 0 Å². The number of carbonyl (C=O) groups is 3. The number of hydrogen-bond acceptors (Lipinski definition) is 4. The van der Waals surface area contributed by atoms with Gasteiger partial charge in [-0.2, -0.15) is 0 Å². The summed E-state index contributed by atoms with van der Waals surface area (Å²) in [4.78, 5) is 34.9. The summed E-state index contributed by atoms with van der Waals surface area (Å²) in [6.07, 6.45) is 2.05. The number of nitrogens with one attached hydrogen (secondary N) is 4. The average molecular weight is 334 g/mol. The summed E-state index contributed by atoms with van der Waals surface area (Å²) in [6.45, 7) is 6.21. The molecule has 0 radical (unpaired) electrons. The monoisotopic (exact) mass is 334 g/mol. The van der Waals surface area contributed by atoms with Gasteiger partial charge in [0.15, 0.2) is 0 Å². The highest BCUT2D eigenvalue weighted by Crippen LogP contribution is 2.23. The molecule has 0 aromatic heterocycles. The van der Waals surface area contributed by atoms with E-state index in [-0.39, 0.29) is 12.5 Å². The zero-order chi connectivity index (χ0) is 17.9. The lowest BCUT2D eigenvalue weighted by atomic mass is 10.1. The van der Waals surface area contributed by atoms with Crippen LogP contribution in [-0.4, -0.2) is 30.9 Å². The molecule has 0 saturated carbocycles. The van der Waals surface area contributed by atoms with E-state index < -0.39 is 11.9 Å². The van der Waals surface area contributed by atoms with Crippen molar-refractivity contribution >= 4 is 29.2 Å². The van der Waals surface area contributed by atoms with Crippen molar-refractivity contribution in [2.45, 2.75) is 40.0 Å². The molecule has 132 valence electrons. The Labute approximate surface area is 142 Å². The summed E-state index contributed by atoms with van der Waals surface area (Å²) in [5.41, 5.74) is 2.28. The van der Waals surface area contributed by atoms with Crippen LogP contribution in [0.15, 0.2) is 18.2 Å². The van der Waals surface area contributed by atoms with Gasteiger partial charge >= 0.3 is 6.03 Å². The maximum atomic E-state index is 11.7. The Balaban J connectivity index is 2.57. The van der Waals surface area contributed by atoms with Gasteiger partial charge < -0.3 is 16.0 Å². The SMILES string of the molecule is CCCNC(=O)NC(=O)CNc1cccc(NC(=O)CCC)c1C. The third kappa shape index (κ3) is 6.68. The Morgan fingerprint density at radius 2 is 1.71 bits per heavy atom. The number of anilines is 2. The molecule has 0 fully saturated rings. The lowest BCUT2D eigenvalue weighted by molar-refractivity contribution is -0.118. The molecule has 1 rings (SSSR count). The Morgan fingerprint density at radius 3 is 2.38 bits per heavy atom. The Hall–Kier alpha value is -2.57. The van der Waals surface area contributed by atoms with E-state index in [9.17, 15) is 14.4 Å². The fraction of sp³-hybridized carbons (Fsp3) is 0.471. The summed E-state index contributed by atoms with van der Waals surface area (Å²) in [6, 6.07) is 4.92. The minimum absolute atomic E-state index is 0.0350. The van der Waals surface area contributed by atoms with Crippen molar-refractivity contribution in [1.29, 1.82) is 0 Å². The number of rotatable bonds is 8. The van der Waals surface area contributed by atoms with Crippen molar-refractivity contribution in [2.24, 2.45) is 0 Å². The molecule has 7 nitrogen and oxygen atoms in total. The number of urea groups is 1. The Kier molecular flexibility index (Phi) is 8.32. The van der Waals surface area contributed by atoms with Gasteiger partial charge in [-0.05, 0) is 37.5 Å². The molecule has 4 N–H and O–H groups in total. The molecule has 0 bridgehead atoms. The fourth-order valence-corrected chi connectivity index (χ4v) is 2.03. The first-order chi connectivity index (χ1) is 11.5. The first kappa shape index (κ1) is 19.5. The van der Waals surface area contributed by atoms with Crippen LogP contribution in [0.3, 0.4) is 0 Å². The minimum Gasteiger partial charge on any atom is -0.376 e. The van der Waals surface area contributed by atoms with Gasteiger partial charge in [-0.25, -0.2) is 4.79 Å². The lowest BCUT2D eigenvalue weighted by Crippen LogP contribution is -2.42. The zero-order valence-corrected chi connectivity index (χ0v) is 14.5. The predicted molar refractivity (Wildman–Crippen MR) is 95.0 cm³/mol. The summed E-state index contributed by atoms with van der Waals surface area (Å²) in [7, 11) is 0. The largest absolute Gasteiger partial charge is 0.376 e. The highest BCUT2D eigenvalue weighted by Gasteiger charge is 2.10. The second-order valence-electron chi connectivity index (χ2n) is 5.43. The van der Waals surface area contributed by atoms with Gasteiger partial charge in [-0.15, -0.1) is 0 Å². The van der Waals surface area contributed by atoms with E-state index in [0.717, 1.165) is 24.1 Å². The van der Waals surface area contributed by atoms with Gasteiger partial charge in [0.1, 0.15) is 0 Å². The minimum atomic E-state index is -0.499. The van der Waals surface area contributed by atoms with Crippen molar-refractivity contribution in [3.8, 4) is 0 Å². The summed E-state index contributed by atoms with van der Waals surface area (Å²) in [5.74, 6) is -0.466. The van der Waals surface area contributed by atoms with Gasteiger partial charge in [0.05, 0.1) is 6.54 Å². The van der Waals surface area contributed by atoms with Crippen LogP contribution >= 0.6 is 0 Å². The van der Waals surface area contributed by atoms with Gasteiger partial charge in [0.2, 0.25) is 11.8 Å². The van der Waals surface area contributed by atoms with E-state index in [0.29, 0.717) is 18.7 Å². The van der Waals surface area contributed by atoms with Crippen molar-refractivity contribution in [2.75, 3.05) is 23.7 Å². The third-order valence-corrected chi connectivity index (χ3v) is 3.31. The summed E-state index contributed by atoms with van der Waals surface area (Å²) in [5, 5.41) is 10.6. The quantitative estimate of drug-likeness (QED) is 0.586. The Bertz CT molecular complexity index is 587. The van der Waals surface area contributed by atoms with Crippen LogP contribution in [-0.2, 0) is 9.59 Å². The van der Waals surface area contributed by atoms with Crippen LogP contribution in [0.2, 0.25) is 0 Å². The predicted octanol–water partition coefficient (Wildman–Crippen LogP) is 2.38. The molecule has 0 aliphatic carbocycles. The maximum absolute atomic E-state index is 11.7. The summed E-state index contributed by atoms with van der Waals surface area (Å²) < 4.78 is 0. The van der Waals surface area contributed by atoms with Crippen LogP contribution in [0.1, 0.15) is 38.7 Å².